The Kier molecular flexibility index (Phi) is 3.90. The van der Waals surface area contributed by atoms with Crippen molar-refractivity contribution in [1.29, 1.82) is 0 Å². The van der Waals surface area contributed by atoms with Gasteiger partial charge in [0.05, 0.1) is 0 Å². The summed E-state index contributed by atoms with van der Waals surface area (Å²) in [4.78, 5) is 5.51. The molecule has 3 aliphatic rings. The Morgan fingerprint density at radius 1 is 1.33 bits per heavy atom. The Hall–Kier alpha value is 0.230. The predicted octanol–water partition coefficient (Wildman–Crippen LogP) is 1.38. The van der Waals surface area contributed by atoms with Crippen LogP contribution in [0.1, 0.15) is 32.6 Å². The summed E-state index contributed by atoms with van der Waals surface area (Å²) < 4.78 is 0. The Bertz CT molecular complexity index is 291. The summed E-state index contributed by atoms with van der Waals surface area (Å²) in [6.07, 6.45) is 5.52. The molecule has 3 aliphatic heterocycles. The molecule has 0 bridgehead atoms. The molecule has 3 heterocycles. The van der Waals surface area contributed by atoms with Gasteiger partial charge in [0, 0.05) is 43.0 Å². The van der Waals surface area contributed by atoms with E-state index in [4.69, 9.17) is 5.73 Å². The van der Waals surface area contributed by atoms with Gasteiger partial charge in [0.2, 0.25) is 0 Å². The normalized spacial score (nSPS) is 43.0. The van der Waals surface area contributed by atoms with E-state index in [1.807, 2.05) is 0 Å². The van der Waals surface area contributed by atoms with Crippen LogP contribution in [0.4, 0.5) is 0 Å². The standard InChI is InChI=1S/C14H27N3S/c1-12-8-16-6-3-2-4-13(16)9-17(12)14(10-15)5-7-18-11-14/h12-13H,2-11,15H2,1H3. The molecule has 0 amide bonds. The van der Waals surface area contributed by atoms with Crippen LogP contribution in [0.5, 0.6) is 0 Å². The fraction of sp³-hybridized carbons (Fsp3) is 1.00. The van der Waals surface area contributed by atoms with Crippen LogP contribution < -0.4 is 5.73 Å². The number of piperazine rings is 1. The lowest BCUT2D eigenvalue weighted by Crippen LogP contribution is -2.67. The lowest BCUT2D eigenvalue weighted by molar-refractivity contribution is -0.0361. The second kappa shape index (κ2) is 5.31. The van der Waals surface area contributed by atoms with E-state index in [9.17, 15) is 0 Å². The maximum absolute atomic E-state index is 6.16. The maximum Gasteiger partial charge on any atom is 0.0433 e. The Morgan fingerprint density at radius 2 is 2.22 bits per heavy atom. The van der Waals surface area contributed by atoms with Gasteiger partial charge in [0.15, 0.2) is 0 Å². The molecule has 3 unspecified atom stereocenters. The summed E-state index contributed by atoms with van der Waals surface area (Å²) in [6.45, 7) is 7.10. The third-order valence-electron chi connectivity index (χ3n) is 5.26. The number of nitrogens with two attached hydrogens (primary N) is 1. The highest BCUT2D eigenvalue weighted by molar-refractivity contribution is 7.99. The van der Waals surface area contributed by atoms with Crippen molar-refractivity contribution in [1.82, 2.24) is 9.80 Å². The van der Waals surface area contributed by atoms with Gasteiger partial charge in [0.1, 0.15) is 0 Å². The van der Waals surface area contributed by atoms with Crippen molar-refractivity contribution in [2.45, 2.75) is 50.2 Å². The third-order valence-corrected chi connectivity index (χ3v) is 6.49. The zero-order valence-corrected chi connectivity index (χ0v) is 12.4. The van der Waals surface area contributed by atoms with Crippen LogP contribution >= 0.6 is 11.8 Å². The average Bonchev–Trinajstić information content (AvgIpc) is 2.88. The second-order valence-electron chi connectivity index (χ2n) is 6.38. The highest BCUT2D eigenvalue weighted by atomic mass is 32.2. The van der Waals surface area contributed by atoms with Gasteiger partial charge in [-0.15, -0.1) is 0 Å². The topological polar surface area (TPSA) is 32.5 Å². The van der Waals surface area contributed by atoms with Crippen LogP contribution in [-0.2, 0) is 0 Å². The second-order valence-corrected chi connectivity index (χ2v) is 7.48. The first-order chi connectivity index (χ1) is 8.75. The Labute approximate surface area is 115 Å². The highest BCUT2D eigenvalue weighted by Crippen LogP contribution is 2.37. The van der Waals surface area contributed by atoms with E-state index in [2.05, 4.69) is 28.5 Å². The van der Waals surface area contributed by atoms with E-state index in [1.54, 1.807) is 0 Å². The molecule has 0 aliphatic carbocycles. The molecular weight excluding hydrogens is 242 g/mol. The minimum absolute atomic E-state index is 0.313. The molecule has 3 fully saturated rings. The van der Waals surface area contributed by atoms with Crippen molar-refractivity contribution in [3.05, 3.63) is 0 Å². The van der Waals surface area contributed by atoms with Crippen molar-refractivity contribution in [2.75, 3.05) is 37.7 Å². The highest BCUT2D eigenvalue weighted by Gasteiger charge is 2.45. The van der Waals surface area contributed by atoms with Gasteiger partial charge in [-0.3, -0.25) is 9.80 Å². The largest absolute Gasteiger partial charge is 0.329 e. The lowest BCUT2D eigenvalue weighted by Gasteiger charge is -2.53. The van der Waals surface area contributed by atoms with E-state index in [-0.39, 0.29) is 0 Å². The van der Waals surface area contributed by atoms with Crippen LogP contribution in [0.15, 0.2) is 0 Å². The number of hydrogen-bond donors (Lipinski definition) is 1. The summed E-state index contributed by atoms with van der Waals surface area (Å²) in [5.41, 5.74) is 6.47. The molecule has 0 radical (unpaired) electrons. The predicted molar refractivity (Wildman–Crippen MR) is 79.1 cm³/mol. The lowest BCUT2D eigenvalue weighted by atomic mass is 9.89. The molecule has 104 valence electrons. The third kappa shape index (κ3) is 2.21. The molecule has 0 saturated carbocycles. The van der Waals surface area contributed by atoms with Crippen LogP contribution in [0.3, 0.4) is 0 Å². The molecule has 0 aromatic carbocycles. The van der Waals surface area contributed by atoms with Crippen molar-refractivity contribution < 1.29 is 0 Å². The number of nitrogens with zero attached hydrogens (tertiary/aromatic N) is 2. The van der Waals surface area contributed by atoms with Gasteiger partial charge in [-0.25, -0.2) is 0 Å². The molecule has 18 heavy (non-hydrogen) atoms. The fourth-order valence-corrected chi connectivity index (χ4v) is 5.59. The Balaban J connectivity index is 1.75. The number of fused-ring (bicyclic) bond motifs is 1. The van der Waals surface area contributed by atoms with Crippen molar-refractivity contribution >= 4 is 11.8 Å². The van der Waals surface area contributed by atoms with E-state index in [0.717, 1.165) is 12.6 Å². The monoisotopic (exact) mass is 269 g/mol. The van der Waals surface area contributed by atoms with Gasteiger partial charge in [-0.2, -0.15) is 11.8 Å². The van der Waals surface area contributed by atoms with Crippen LogP contribution in [0.2, 0.25) is 0 Å². The first-order valence-corrected chi connectivity index (χ1v) is 8.69. The minimum atomic E-state index is 0.313. The Morgan fingerprint density at radius 3 is 2.94 bits per heavy atom. The van der Waals surface area contributed by atoms with Gasteiger partial charge >= 0.3 is 0 Å². The minimum Gasteiger partial charge on any atom is -0.329 e. The van der Waals surface area contributed by atoms with Crippen LogP contribution in [0.25, 0.3) is 0 Å². The summed E-state index contributed by atoms with van der Waals surface area (Å²) in [5, 5.41) is 0. The van der Waals surface area contributed by atoms with Gasteiger partial charge < -0.3 is 5.73 Å². The quantitative estimate of drug-likeness (QED) is 0.821. The van der Waals surface area contributed by atoms with Gasteiger partial charge in [0.25, 0.3) is 0 Å². The van der Waals surface area contributed by atoms with E-state index < -0.39 is 0 Å². The molecule has 2 N–H and O–H groups in total. The average molecular weight is 269 g/mol. The van der Waals surface area contributed by atoms with Crippen molar-refractivity contribution in [3.63, 3.8) is 0 Å². The van der Waals surface area contributed by atoms with Gasteiger partial charge in [-0.1, -0.05) is 6.42 Å². The molecule has 3 atom stereocenters. The van der Waals surface area contributed by atoms with Crippen molar-refractivity contribution in [3.8, 4) is 0 Å². The van der Waals surface area contributed by atoms with E-state index >= 15 is 0 Å². The number of hydrogen-bond acceptors (Lipinski definition) is 4. The molecule has 3 saturated heterocycles. The number of rotatable bonds is 2. The molecular formula is C14H27N3S. The first kappa shape index (κ1) is 13.2. The molecule has 3 rings (SSSR count). The summed E-state index contributed by atoms with van der Waals surface area (Å²) in [6, 6.07) is 1.49. The van der Waals surface area contributed by atoms with Gasteiger partial charge in [-0.05, 0) is 38.5 Å². The van der Waals surface area contributed by atoms with Crippen LogP contribution in [-0.4, -0.2) is 65.1 Å². The molecule has 4 heteroatoms. The zero-order chi connectivity index (χ0) is 12.6. The summed E-state index contributed by atoms with van der Waals surface area (Å²) in [5.74, 6) is 2.55. The number of piperidine rings is 1. The first-order valence-electron chi connectivity index (χ1n) is 7.54. The smallest absolute Gasteiger partial charge is 0.0433 e. The van der Waals surface area contributed by atoms with Crippen molar-refractivity contribution in [2.24, 2.45) is 5.73 Å². The SMILES string of the molecule is CC1CN2CCCCC2CN1C1(CN)CCSC1. The van der Waals surface area contributed by atoms with E-state index in [0.29, 0.717) is 11.6 Å². The summed E-state index contributed by atoms with van der Waals surface area (Å²) in [7, 11) is 0. The molecule has 0 aromatic heterocycles. The fourth-order valence-electron chi connectivity index (χ4n) is 4.11. The van der Waals surface area contributed by atoms with E-state index in [1.165, 1.54) is 56.8 Å². The molecule has 0 aromatic rings. The summed E-state index contributed by atoms with van der Waals surface area (Å²) >= 11 is 2.10. The zero-order valence-electron chi connectivity index (χ0n) is 11.6. The maximum atomic E-state index is 6.16. The molecule has 0 spiro atoms. The van der Waals surface area contributed by atoms with Crippen LogP contribution in [0, 0.1) is 0 Å². The number of thioether (sulfide) groups is 1. The molecule has 3 nitrogen and oxygen atoms in total.